The van der Waals surface area contributed by atoms with Gasteiger partial charge in [0.15, 0.2) is 0 Å². The molecule has 0 spiro atoms. The Morgan fingerprint density at radius 3 is 2.50 bits per heavy atom. The Morgan fingerprint density at radius 2 is 2.00 bits per heavy atom. The molecule has 0 saturated heterocycles. The first-order valence-corrected chi connectivity index (χ1v) is 8.59. The fourth-order valence-corrected chi connectivity index (χ4v) is 3.20. The average Bonchev–Trinajstić information content (AvgIpc) is 3.13. The SMILES string of the molecule is CS(=O)(=O)N(CC(=O)Nc1ccc(Cl)c(Cl)c1)C1CC1. The Morgan fingerprint density at radius 1 is 1.35 bits per heavy atom. The molecule has 1 aliphatic carbocycles. The Labute approximate surface area is 127 Å². The number of carbonyl (C=O) groups is 1. The first kappa shape index (κ1) is 15.6. The first-order valence-electron chi connectivity index (χ1n) is 5.99. The van der Waals surface area contributed by atoms with Crippen molar-refractivity contribution in [1.82, 2.24) is 4.31 Å². The highest BCUT2D eigenvalue weighted by atomic mass is 35.5. The molecule has 1 saturated carbocycles. The Hall–Kier alpha value is -0.820. The van der Waals surface area contributed by atoms with Crippen LogP contribution in [-0.4, -0.2) is 37.5 Å². The van der Waals surface area contributed by atoms with Gasteiger partial charge >= 0.3 is 0 Å². The zero-order chi connectivity index (χ0) is 14.9. The summed E-state index contributed by atoms with van der Waals surface area (Å²) in [6.45, 7) is -0.191. The topological polar surface area (TPSA) is 66.5 Å². The van der Waals surface area contributed by atoms with E-state index in [0.717, 1.165) is 19.1 Å². The van der Waals surface area contributed by atoms with Crippen LogP contribution in [0.2, 0.25) is 10.0 Å². The monoisotopic (exact) mass is 336 g/mol. The number of anilines is 1. The van der Waals surface area contributed by atoms with Crippen LogP contribution in [0.15, 0.2) is 18.2 Å². The van der Waals surface area contributed by atoms with Gasteiger partial charge in [-0.25, -0.2) is 8.42 Å². The summed E-state index contributed by atoms with van der Waals surface area (Å²) in [5.74, 6) is -0.402. The van der Waals surface area contributed by atoms with E-state index in [2.05, 4.69) is 5.32 Å². The number of carbonyl (C=O) groups excluding carboxylic acids is 1. The van der Waals surface area contributed by atoms with E-state index in [1.807, 2.05) is 0 Å². The third-order valence-electron chi connectivity index (χ3n) is 2.88. The first-order chi connectivity index (χ1) is 9.27. The molecule has 0 aromatic heterocycles. The minimum Gasteiger partial charge on any atom is -0.325 e. The largest absolute Gasteiger partial charge is 0.325 e. The normalized spacial score (nSPS) is 15.4. The third-order valence-corrected chi connectivity index (χ3v) is 4.90. The van der Waals surface area contributed by atoms with E-state index in [1.54, 1.807) is 12.1 Å². The molecule has 1 aromatic rings. The third kappa shape index (κ3) is 4.09. The molecule has 0 aliphatic heterocycles. The summed E-state index contributed by atoms with van der Waals surface area (Å²) < 4.78 is 24.4. The highest BCUT2D eigenvalue weighted by Crippen LogP contribution is 2.29. The van der Waals surface area contributed by atoms with Crippen molar-refractivity contribution < 1.29 is 13.2 Å². The van der Waals surface area contributed by atoms with Crippen LogP contribution in [0.3, 0.4) is 0 Å². The van der Waals surface area contributed by atoms with Gasteiger partial charge in [0, 0.05) is 11.7 Å². The molecule has 1 amide bonds. The number of hydrogen-bond donors (Lipinski definition) is 1. The number of hydrogen-bond acceptors (Lipinski definition) is 3. The molecule has 2 rings (SSSR count). The number of nitrogens with zero attached hydrogens (tertiary/aromatic N) is 1. The summed E-state index contributed by atoms with van der Waals surface area (Å²) in [6.07, 6.45) is 2.71. The lowest BCUT2D eigenvalue weighted by Gasteiger charge is -2.18. The highest BCUT2D eigenvalue weighted by Gasteiger charge is 2.36. The Bertz CT molecular complexity index is 630. The predicted molar refractivity (Wildman–Crippen MR) is 79.7 cm³/mol. The second kappa shape index (κ2) is 5.89. The van der Waals surface area contributed by atoms with Gasteiger partial charge in [-0.05, 0) is 31.0 Å². The standard InChI is InChI=1S/C12H14Cl2N2O3S/c1-20(18,19)16(9-3-4-9)7-12(17)15-8-2-5-10(13)11(14)6-8/h2,5-6,9H,3-4,7H2,1H3,(H,15,17). The quantitative estimate of drug-likeness (QED) is 0.897. The molecular weight excluding hydrogens is 323 g/mol. The molecular formula is C12H14Cl2N2O3S. The van der Waals surface area contributed by atoms with Gasteiger partial charge in [-0.2, -0.15) is 4.31 Å². The van der Waals surface area contributed by atoms with Gasteiger partial charge < -0.3 is 5.32 Å². The molecule has 0 unspecified atom stereocenters. The minimum absolute atomic E-state index is 0.0513. The smallest absolute Gasteiger partial charge is 0.239 e. The number of sulfonamides is 1. The van der Waals surface area contributed by atoms with Crippen LogP contribution in [0, 0.1) is 0 Å². The van der Waals surface area contributed by atoms with Crippen molar-refractivity contribution in [2.45, 2.75) is 18.9 Å². The van der Waals surface area contributed by atoms with Crippen LogP contribution in [0.4, 0.5) is 5.69 Å². The Balaban J connectivity index is 2.02. The molecule has 1 aromatic carbocycles. The molecule has 0 atom stereocenters. The minimum atomic E-state index is -3.38. The average molecular weight is 337 g/mol. The molecule has 110 valence electrons. The summed E-state index contributed by atoms with van der Waals surface area (Å²) >= 11 is 11.6. The predicted octanol–water partition coefficient (Wildman–Crippen LogP) is 2.36. The van der Waals surface area contributed by atoms with Crippen LogP contribution >= 0.6 is 23.2 Å². The summed E-state index contributed by atoms with van der Waals surface area (Å²) in [4.78, 5) is 11.9. The summed E-state index contributed by atoms with van der Waals surface area (Å²) in [6, 6.07) is 4.64. The van der Waals surface area contributed by atoms with Crippen LogP contribution in [0.25, 0.3) is 0 Å². The zero-order valence-electron chi connectivity index (χ0n) is 10.8. The van der Waals surface area contributed by atoms with Gasteiger partial charge in [-0.15, -0.1) is 0 Å². The van der Waals surface area contributed by atoms with Gasteiger partial charge in [0.05, 0.1) is 22.8 Å². The number of rotatable bonds is 5. The van der Waals surface area contributed by atoms with E-state index in [4.69, 9.17) is 23.2 Å². The van der Waals surface area contributed by atoms with Crippen molar-refractivity contribution in [1.29, 1.82) is 0 Å². The van der Waals surface area contributed by atoms with Crippen molar-refractivity contribution in [2.75, 3.05) is 18.1 Å². The van der Waals surface area contributed by atoms with E-state index < -0.39 is 15.9 Å². The molecule has 0 heterocycles. The van der Waals surface area contributed by atoms with Gasteiger partial charge in [0.1, 0.15) is 0 Å². The van der Waals surface area contributed by atoms with Gasteiger partial charge in [-0.3, -0.25) is 4.79 Å². The summed E-state index contributed by atoms with van der Waals surface area (Å²) in [5.41, 5.74) is 0.480. The second-order valence-electron chi connectivity index (χ2n) is 4.72. The van der Waals surface area contributed by atoms with E-state index in [1.165, 1.54) is 10.4 Å². The maximum Gasteiger partial charge on any atom is 0.239 e. The lowest BCUT2D eigenvalue weighted by Crippen LogP contribution is -2.38. The van der Waals surface area contributed by atoms with Crippen molar-refractivity contribution in [3.63, 3.8) is 0 Å². The van der Waals surface area contributed by atoms with Crippen LogP contribution < -0.4 is 5.32 Å². The van der Waals surface area contributed by atoms with Crippen LogP contribution in [0.5, 0.6) is 0 Å². The molecule has 5 nitrogen and oxygen atoms in total. The molecule has 0 radical (unpaired) electrons. The maximum atomic E-state index is 11.9. The fourth-order valence-electron chi connectivity index (χ4n) is 1.80. The van der Waals surface area contributed by atoms with Gasteiger partial charge in [0.2, 0.25) is 15.9 Å². The molecule has 20 heavy (non-hydrogen) atoms. The van der Waals surface area contributed by atoms with Crippen LogP contribution in [-0.2, 0) is 14.8 Å². The summed E-state index contributed by atoms with van der Waals surface area (Å²) in [7, 11) is -3.38. The number of halogens is 2. The van der Waals surface area contributed by atoms with Crippen molar-refractivity contribution in [3.05, 3.63) is 28.2 Å². The van der Waals surface area contributed by atoms with Crippen molar-refractivity contribution >= 4 is 44.8 Å². The van der Waals surface area contributed by atoms with E-state index in [0.29, 0.717) is 15.7 Å². The molecule has 1 aliphatic rings. The Kier molecular flexibility index (Phi) is 4.59. The number of amides is 1. The molecule has 1 fully saturated rings. The van der Waals surface area contributed by atoms with E-state index in [-0.39, 0.29) is 12.6 Å². The number of nitrogens with one attached hydrogen (secondary N) is 1. The molecule has 1 N–H and O–H groups in total. The van der Waals surface area contributed by atoms with Crippen molar-refractivity contribution in [3.8, 4) is 0 Å². The fraction of sp³-hybridized carbons (Fsp3) is 0.417. The molecule has 8 heteroatoms. The van der Waals surface area contributed by atoms with E-state index in [9.17, 15) is 13.2 Å². The van der Waals surface area contributed by atoms with Crippen LogP contribution in [0.1, 0.15) is 12.8 Å². The van der Waals surface area contributed by atoms with Gasteiger partial charge in [-0.1, -0.05) is 23.2 Å². The van der Waals surface area contributed by atoms with Gasteiger partial charge in [0.25, 0.3) is 0 Å². The summed E-state index contributed by atoms with van der Waals surface area (Å²) in [5, 5.41) is 3.32. The molecule has 0 bridgehead atoms. The zero-order valence-corrected chi connectivity index (χ0v) is 13.1. The number of benzene rings is 1. The van der Waals surface area contributed by atoms with E-state index >= 15 is 0 Å². The van der Waals surface area contributed by atoms with Crippen molar-refractivity contribution in [2.24, 2.45) is 0 Å². The maximum absolute atomic E-state index is 11.9. The highest BCUT2D eigenvalue weighted by molar-refractivity contribution is 7.88. The lowest BCUT2D eigenvalue weighted by atomic mass is 10.3. The second-order valence-corrected chi connectivity index (χ2v) is 7.47. The lowest BCUT2D eigenvalue weighted by molar-refractivity contribution is -0.116.